The highest BCUT2D eigenvalue weighted by atomic mass is 19.1. The van der Waals surface area contributed by atoms with E-state index in [4.69, 9.17) is 4.74 Å². The summed E-state index contributed by atoms with van der Waals surface area (Å²) in [6.07, 6.45) is 1.55. The summed E-state index contributed by atoms with van der Waals surface area (Å²) >= 11 is 0. The topological polar surface area (TPSA) is 68.5 Å². The Morgan fingerprint density at radius 3 is 2.61 bits per heavy atom. The third kappa shape index (κ3) is 4.62. The van der Waals surface area contributed by atoms with Crippen molar-refractivity contribution < 1.29 is 13.9 Å². The van der Waals surface area contributed by atoms with E-state index >= 15 is 0 Å². The molecule has 3 rings (SSSR count). The molecule has 0 unspecified atom stereocenters. The summed E-state index contributed by atoms with van der Waals surface area (Å²) in [5.74, 6) is -0.0545. The third-order valence-electron chi connectivity index (χ3n) is 4.21. The molecule has 0 atom stereocenters. The molecule has 0 aliphatic carbocycles. The molecule has 1 heterocycles. The molecule has 0 saturated carbocycles. The molecule has 0 aliphatic heterocycles. The monoisotopic (exact) mass is 380 g/mol. The van der Waals surface area contributed by atoms with Gasteiger partial charge in [-0.25, -0.2) is 9.82 Å². The highest BCUT2D eigenvalue weighted by molar-refractivity contribution is 5.94. The van der Waals surface area contributed by atoms with E-state index in [1.54, 1.807) is 13.3 Å². The Labute approximate surface area is 162 Å². The number of aryl methyl sites for hydroxylation is 2. The molecule has 144 valence electrons. The van der Waals surface area contributed by atoms with Gasteiger partial charge in [-0.3, -0.25) is 9.48 Å². The molecule has 6 nitrogen and oxygen atoms in total. The lowest BCUT2D eigenvalue weighted by Crippen LogP contribution is -2.17. The van der Waals surface area contributed by atoms with Gasteiger partial charge in [0.1, 0.15) is 11.6 Å². The van der Waals surface area contributed by atoms with Crippen molar-refractivity contribution in [2.75, 3.05) is 7.11 Å². The van der Waals surface area contributed by atoms with Crippen LogP contribution in [0.25, 0.3) is 0 Å². The maximum absolute atomic E-state index is 12.9. The predicted octanol–water partition coefficient (Wildman–Crippen LogP) is 3.46. The van der Waals surface area contributed by atoms with Gasteiger partial charge in [0.05, 0.1) is 25.6 Å². The molecular formula is C21H21FN4O2. The summed E-state index contributed by atoms with van der Waals surface area (Å²) in [6.45, 7) is 4.52. The molecule has 0 saturated heterocycles. The number of aromatic nitrogens is 2. The van der Waals surface area contributed by atoms with Crippen LogP contribution in [0, 0.1) is 19.7 Å². The van der Waals surface area contributed by atoms with Crippen LogP contribution in [0.1, 0.15) is 32.9 Å². The first-order chi connectivity index (χ1) is 13.5. The van der Waals surface area contributed by atoms with E-state index in [0.29, 0.717) is 12.1 Å². The highest BCUT2D eigenvalue weighted by Gasteiger charge is 2.08. The van der Waals surface area contributed by atoms with Crippen molar-refractivity contribution >= 4 is 12.1 Å². The van der Waals surface area contributed by atoms with E-state index in [0.717, 1.165) is 28.3 Å². The summed E-state index contributed by atoms with van der Waals surface area (Å²) in [5.41, 5.74) is 6.53. The van der Waals surface area contributed by atoms with Crippen LogP contribution in [0.4, 0.5) is 4.39 Å². The molecule has 7 heteroatoms. The Morgan fingerprint density at radius 2 is 1.96 bits per heavy atom. The average Bonchev–Trinajstić information content (AvgIpc) is 2.99. The number of hydrazone groups is 1. The van der Waals surface area contributed by atoms with Gasteiger partial charge in [0.25, 0.3) is 5.91 Å². The zero-order valence-corrected chi connectivity index (χ0v) is 15.9. The van der Waals surface area contributed by atoms with Crippen LogP contribution in [-0.2, 0) is 6.54 Å². The Morgan fingerprint density at radius 1 is 1.21 bits per heavy atom. The standard InChI is InChI=1S/C21H21FN4O2/c1-14-10-15(2)26(25-14)13-18-11-16(4-9-20(18)28-3)12-23-24-21(27)17-5-7-19(22)8-6-17/h4-12H,13H2,1-3H3,(H,24,27). The Bertz CT molecular complexity index is 1010. The van der Waals surface area contributed by atoms with Crippen molar-refractivity contribution in [3.05, 3.63) is 82.4 Å². The maximum Gasteiger partial charge on any atom is 0.271 e. The number of hydrogen-bond acceptors (Lipinski definition) is 4. The molecule has 3 aromatic rings. The lowest BCUT2D eigenvalue weighted by molar-refractivity contribution is 0.0955. The quantitative estimate of drug-likeness (QED) is 0.526. The number of nitrogens with zero attached hydrogens (tertiary/aromatic N) is 3. The minimum absolute atomic E-state index is 0.332. The average molecular weight is 380 g/mol. The van der Waals surface area contributed by atoms with E-state index in [1.807, 2.05) is 42.8 Å². The first-order valence-corrected chi connectivity index (χ1v) is 8.73. The van der Waals surface area contributed by atoms with Crippen LogP contribution in [0.15, 0.2) is 53.6 Å². The number of halogens is 1. The van der Waals surface area contributed by atoms with Gasteiger partial charge in [0.15, 0.2) is 0 Å². The van der Waals surface area contributed by atoms with Crippen molar-refractivity contribution in [3.8, 4) is 5.75 Å². The summed E-state index contributed by atoms with van der Waals surface area (Å²) in [4.78, 5) is 12.0. The van der Waals surface area contributed by atoms with Crippen molar-refractivity contribution in [2.24, 2.45) is 5.10 Å². The normalized spacial score (nSPS) is 11.0. The van der Waals surface area contributed by atoms with Gasteiger partial charge in [-0.1, -0.05) is 0 Å². The van der Waals surface area contributed by atoms with E-state index in [2.05, 4.69) is 15.6 Å². The van der Waals surface area contributed by atoms with E-state index in [-0.39, 0.29) is 0 Å². The molecule has 2 aromatic carbocycles. The highest BCUT2D eigenvalue weighted by Crippen LogP contribution is 2.21. The van der Waals surface area contributed by atoms with Crippen LogP contribution in [0.2, 0.25) is 0 Å². The van der Waals surface area contributed by atoms with Crippen LogP contribution in [-0.4, -0.2) is 29.0 Å². The van der Waals surface area contributed by atoms with Gasteiger partial charge >= 0.3 is 0 Å². The number of hydrogen-bond donors (Lipinski definition) is 1. The fourth-order valence-electron chi connectivity index (χ4n) is 2.83. The summed E-state index contributed by atoms with van der Waals surface area (Å²) < 4.78 is 20.3. The van der Waals surface area contributed by atoms with Gasteiger partial charge < -0.3 is 4.74 Å². The zero-order valence-electron chi connectivity index (χ0n) is 15.9. The SMILES string of the molecule is COc1ccc(C=NNC(=O)c2ccc(F)cc2)cc1Cn1nc(C)cc1C. The first-order valence-electron chi connectivity index (χ1n) is 8.73. The van der Waals surface area contributed by atoms with Crippen molar-refractivity contribution in [3.63, 3.8) is 0 Å². The molecule has 1 amide bonds. The molecule has 28 heavy (non-hydrogen) atoms. The maximum atomic E-state index is 12.9. The number of amides is 1. The molecule has 0 fully saturated rings. The van der Waals surface area contributed by atoms with Crippen molar-refractivity contribution in [1.29, 1.82) is 0 Å². The van der Waals surface area contributed by atoms with Gasteiger partial charge in [0.2, 0.25) is 0 Å². The molecule has 0 spiro atoms. The minimum atomic E-state index is -0.410. The molecule has 1 N–H and O–H groups in total. The predicted molar refractivity (Wildman–Crippen MR) is 105 cm³/mol. The van der Waals surface area contributed by atoms with Crippen molar-refractivity contribution in [2.45, 2.75) is 20.4 Å². The second-order valence-corrected chi connectivity index (χ2v) is 6.36. The number of carbonyl (C=O) groups is 1. The Balaban J connectivity index is 1.73. The molecule has 0 radical (unpaired) electrons. The fourth-order valence-corrected chi connectivity index (χ4v) is 2.83. The van der Waals surface area contributed by atoms with E-state index in [9.17, 15) is 9.18 Å². The van der Waals surface area contributed by atoms with Gasteiger partial charge in [-0.05, 0) is 67.9 Å². The minimum Gasteiger partial charge on any atom is -0.496 e. The molecule has 0 bridgehead atoms. The summed E-state index contributed by atoms with van der Waals surface area (Å²) in [5, 5.41) is 8.46. The Hall–Kier alpha value is -3.48. The van der Waals surface area contributed by atoms with Crippen LogP contribution in [0.3, 0.4) is 0 Å². The third-order valence-corrected chi connectivity index (χ3v) is 4.21. The number of rotatable bonds is 6. The molecular weight excluding hydrogens is 359 g/mol. The number of methoxy groups -OCH3 is 1. The van der Waals surface area contributed by atoms with E-state index < -0.39 is 11.7 Å². The first kappa shape index (κ1) is 19.3. The van der Waals surface area contributed by atoms with E-state index in [1.165, 1.54) is 24.3 Å². The Kier molecular flexibility index (Phi) is 5.84. The van der Waals surface area contributed by atoms with Crippen LogP contribution >= 0.6 is 0 Å². The largest absolute Gasteiger partial charge is 0.496 e. The number of ether oxygens (including phenoxy) is 1. The second kappa shape index (κ2) is 8.47. The van der Waals surface area contributed by atoms with Crippen LogP contribution < -0.4 is 10.2 Å². The molecule has 0 aliphatic rings. The molecule has 1 aromatic heterocycles. The fraction of sp³-hybridized carbons (Fsp3) is 0.190. The zero-order chi connectivity index (χ0) is 20.1. The second-order valence-electron chi connectivity index (χ2n) is 6.36. The summed E-state index contributed by atoms with van der Waals surface area (Å²) in [6, 6.07) is 12.9. The summed E-state index contributed by atoms with van der Waals surface area (Å²) in [7, 11) is 1.62. The smallest absolute Gasteiger partial charge is 0.271 e. The number of carbonyl (C=O) groups excluding carboxylic acids is 1. The number of benzene rings is 2. The lowest BCUT2D eigenvalue weighted by Gasteiger charge is -2.11. The lowest BCUT2D eigenvalue weighted by atomic mass is 10.1. The number of nitrogens with one attached hydrogen (secondary N) is 1. The van der Waals surface area contributed by atoms with Crippen molar-refractivity contribution in [1.82, 2.24) is 15.2 Å². The van der Waals surface area contributed by atoms with Gasteiger partial charge in [0, 0.05) is 16.8 Å². The van der Waals surface area contributed by atoms with Gasteiger partial charge in [-0.15, -0.1) is 0 Å². The van der Waals surface area contributed by atoms with Crippen LogP contribution in [0.5, 0.6) is 5.75 Å². The van der Waals surface area contributed by atoms with Gasteiger partial charge in [-0.2, -0.15) is 10.2 Å².